The van der Waals surface area contributed by atoms with Gasteiger partial charge in [-0.05, 0) is 11.6 Å². The molecule has 0 spiro atoms. The SMILES string of the molecule is OC1C(NCc2ccccc2F)C2COC(O2)C1n1cc(-c2ccccc2)cn1. The zero-order valence-corrected chi connectivity index (χ0v) is 15.7. The molecule has 0 aliphatic carbocycles. The van der Waals surface area contributed by atoms with Gasteiger partial charge < -0.3 is 19.9 Å². The van der Waals surface area contributed by atoms with Crippen LogP contribution in [0.3, 0.4) is 0 Å². The number of halogens is 1. The van der Waals surface area contributed by atoms with Crippen LogP contribution in [-0.2, 0) is 16.0 Å². The first-order valence-corrected chi connectivity index (χ1v) is 9.72. The highest BCUT2D eigenvalue weighted by atomic mass is 19.1. The molecule has 6 nitrogen and oxygen atoms in total. The number of aromatic nitrogens is 2. The highest BCUT2D eigenvalue weighted by molar-refractivity contribution is 5.61. The van der Waals surface area contributed by atoms with Crippen LogP contribution in [0.5, 0.6) is 0 Å². The van der Waals surface area contributed by atoms with Crippen LogP contribution in [0.4, 0.5) is 4.39 Å². The topological polar surface area (TPSA) is 68.5 Å². The number of rotatable bonds is 5. The lowest BCUT2D eigenvalue weighted by Gasteiger charge is -2.38. The smallest absolute Gasteiger partial charge is 0.183 e. The van der Waals surface area contributed by atoms with Gasteiger partial charge in [-0.1, -0.05) is 48.5 Å². The number of hydrogen-bond acceptors (Lipinski definition) is 5. The second kappa shape index (κ2) is 7.68. The predicted molar refractivity (Wildman–Crippen MR) is 104 cm³/mol. The molecule has 5 unspecified atom stereocenters. The first-order valence-electron chi connectivity index (χ1n) is 9.72. The Balaban J connectivity index is 1.37. The van der Waals surface area contributed by atoms with Gasteiger partial charge in [0.15, 0.2) is 6.29 Å². The lowest BCUT2D eigenvalue weighted by atomic mass is 9.95. The molecule has 150 valence electrons. The van der Waals surface area contributed by atoms with Gasteiger partial charge in [-0.25, -0.2) is 4.39 Å². The van der Waals surface area contributed by atoms with E-state index < -0.39 is 24.5 Å². The highest BCUT2D eigenvalue weighted by Gasteiger charge is 2.51. The molecule has 0 amide bonds. The fourth-order valence-electron chi connectivity index (χ4n) is 4.08. The summed E-state index contributed by atoms with van der Waals surface area (Å²) in [4.78, 5) is 0. The van der Waals surface area contributed by atoms with E-state index in [1.807, 2.05) is 36.5 Å². The molecule has 2 aliphatic heterocycles. The van der Waals surface area contributed by atoms with Crippen molar-refractivity contribution in [3.05, 3.63) is 78.4 Å². The molecule has 3 aromatic rings. The van der Waals surface area contributed by atoms with Gasteiger partial charge in [0.25, 0.3) is 0 Å². The highest BCUT2D eigenvalue weighted by Crippen LogP contribution is 2.36. The summed E-state index contributed by atoms with van der Waals surface area (Å²) < 4.78 is 27.4. The van der Waals surface area contributed by atoms with Gasteiger partial charge in [-0.3, -0.25) is 4.68 Å². The molecule has 0 radical (unpaired) electrons. The molecule has 7 heteroatoms. The van der Waals surface area contributed by atoms with Gasteiger partial charge >= 0.3 is 0 Å². The van der Waals surface area contributed by atoms with Crippen molar-refractivity contribution in [2.24, 2.45) is 0 Å². The van der Waals surface area contributed by atoms with Crippen molar-refractivity contribution in [1.82, 2.24) is 15.1 Å². The number of aliphatic hydroxyl groups is 1. The van der Waals surface area contributed by atoms with Crippen molar-refractivity contribution < 1.29 is 19.0 Å². The largest absolute Gasteiger partial charge is 0.389 e. The standard InChI is InChI=1S/C22H22FN3O3/c23-17-9-5-4-8-15(17)10-24-19-18-13-28-22(29-18)20(21(19)27)26-12-16(11-25-26)14-6-2-1-3-7-14/h1-9,11-12,18-22,24,27H,10,13H2. The lowest BCUT2D eigenvalue weighted by molar-refractivity contribution is -0.168. The minimum absolute atomic E-state index is 0.275. The molecule has 2 aliphatic rings. The molecule has 5 rings (SSSR count). The Bertz CT molecular complexity index is 980. The van der Waals surface area contributed by atoms with Gasteiger partial charge in [-0.15, -0.1) is 0 Å². The molecule has 29 heavy (non-hydrogen) atoms. The molecule has 2 saturated heterocycles. The van der Waals surface area contributed by atoms with Gasteiger partial charge in [-0.2, -0.15) is 5.10 Å². The van der Waals surface area contributed by atoms with Crippen molar-refractivity contribution in [3.63, 3.8) is 0 Å². The number of hydrogen-bond donors (Lipinski definition) is 2. The molecule has 2 bridgehead atoms. The molecule has 3 heterocycles. The molecule has 2 aromatic carbocycles. The summed E-state index contributed by atoms with van der Waals surface area (Å²) in [7, 11) is 0. The fraction of sp³-hybridized carbons (Fsp3) is 0.318. The first kappa shape index (κ1) is 18.4. The van der Waals surface area contributed by atoms with Crippen LogP contribution in [0, 0.1) is 5.82 Å². The van der Waals surface area contributed by atoms with Crippen LogP contribution >= 0.6 is 0 Å². The second-order valence-electron chi connectivity index (χ2n) is 7.43. The van der Waals surface area contributed by atoms with E-state index in [0.717, 1.165) is 11.1 Å². The Kier molecular flexibility index (Phi) is 4.89. The van der Waals surface area contributed by atoms with E-state index >= 15 is 0 Å². The summed E-state index contributed by atoms with van der Waals surface area (Å²) in [6.07, 6.45) is 2.01. The molecule has 2 N–H and O–H groups in total. The summed E-state index contributed by atoms with van der Waals surface area (Å²) in [5.41, 5.74) is 2.54. The van der Waals surface area contributed by atoms with Gasteiger partial charge in [0.2, 0.25) is 0 Å². The van der Waals surface area contributed by atoms with Gasteiger partial charge in [0.05, 0.1) is 24.9 Å². The first-order chi connectivity index (χ1) is 14.2. The predicted octanol–water partition coefficient (Wildman–Crippen LogP) is 2.50. The number of aliphatic hydroxyl groups excluding tert-OH is 1. The maximum Gasteiger partial charge on any atom is 0.183 e. The van der Waals surface area contributed by atoms with Crippen molar-refractivity contribution in [1.29, 1.82) is 0 Å². The van der Waals surface area contributed by atoms with E-state index in [1.165, 1.54) is 6.07 Å². The Hall–Kier alpha value is -2.58. The van der Waals surface area contributed by atoms with E-state index in [4.69, 9.17) is 9.47 Å². The maximum absolute atomic E-state index is 14.0. The van der Waals surface area contributed by atoms with Crippen molar-refractivity contribution >= 4 is 0 Å². The second-order valence-corrected chi connectivity index (χ2v) is 7.43. The number of benzene rings is 2. The lowest BCUT2D eigenvalue weighted by Crippen LogP contribution is -2.57. The minimum Gasteiger partial charge on any atom is -0.389 e. The monoisotopic (exact) mass is 395 g/mol. The van der Waals surface area contributed by atoms with Crippen LogP contribution in [0.25, 0.3) is 11.1 Å². The summed E-state index contributed by atoms with van der Waals surface area (Å²) >= 11 is 0. The number of nitrogens with zero attached hydrogens (tertiary/aromatic N) is 2. The van der Waals surface area contributed by atoms with Crippen LogP contribution in [0.2, 0.25) is 0 Å². The van der Waals surface area contributed by atoms with Gasteiger partial charge in [0, 0.05) is 23.9 Å². The average molecular weight is 395 g/mol. The Labute approximate surface area is 167 Å². The zero-order valence-electron chi connectivity index (χ0n) is 15.7. The summed E-state index contributed by atoms with van der Waals surface area (Å²) in [5, 5.41) is 18.8. The Morgan fingerprint density at radius 1 is 1.10 bits per heavy atom. The molecule has 0 saturated carbocycles. The average Bonchev–Trinajstić information content (AvgIpc) is 3.39. The Morgan fingerprint density at radius 3 is 2.72 bits per heavy atom. The van der Waals surface area contributed by atoms with Gasteiger partial charge in [0.1, 0.15) is 18.0 Å². The van der Waals surface area contributed by atoms with E-state index in [0.29, 0.717) is 18.7 Å². The summed E-state index contributed by atoms with van der Waals surface area (Å²) in [6, 6.07) is 15.6. The summed E-state index contributed by atoms with van der Waals surface area (Å²) in [6.45, 7) is 0.667. The number of nitrogens with one attached hydrogen (secondary N) is 1. The normalized spacial score (nSPS) is 28.6. The van der Waals surface area contributed by atoms with E-state index in [9.17, 15) is 9.50 Å². The van der Waals surface area contributed by atoms with Crippen LogP contribution in [-0.4, -0.2) is 46.0 Å². The van der Waals surface area contributed by atoms with Crippen molar-refractivity contribution in [2.45, 2.75) is 37.1 Å². The third kappa shape index (κ3) is 3.47. The number of ether oxygens (including phenoxy) is 2. The van der Waals surface area contributed by atoms with E-state index in [1.54, 1.807) is 29.1 Å². The third-order valence-corrected chi connectivity index (χ3v) is 5.63. The van der Waals surface area contributed by atoms with Crippen molar-refractivity contribution in [3.8, 4) is 11.1 Å². The summed E-state index contributed by atoms with van der Waals surface area (Å²) in [5.74, 6) is -0.275. The fourth-order valence-corrected chi connectivity index (χ4v) is 4.08. The zero-order chi connectivity index (χ0) is 19.8. The van der Waals surface area contributed by atoms with Crippen molar-refractivity contribution in [2.75, 3.05) is 6.61 Å². The molecule has 1 aromatic heterocycles. The quantitative estimate of drug-likeness (QED) is 0.695. The molecule has 5 atom stereocenters. The molecule has 2 fully saturated rings. The molecular weight excluding hydrogens is 373 g/mol. The van der Waals surface area contributed by atoms with E-state index in [2.05, 4.69) is 10.4 Å². The Morgan fingerprint density at radius 2 is 1.90 bits per heavy atom. The van der Waals surface area contributed by atoms with Crippen LogP contribution in [0.15, 0.2) is 67.0 Å². The maximum atomic E-state index is 14.0. The van der Waals surface area contributed by atoms with E-state index in [-0.39, 0.29) is 11.9 Å². The third-order valence-electron chi connectivity index (χ3n) is 5.63. The molecular formula is C22H22FN3O3. The van der Waals surface area contributed by atoms with Crippen LogP contribution in [0.1, 0.15) is 11.6 Å². The van der Waals surface area contributed by atoms with Crippen LogP contribution < -0.4 is 5.32 Å². The minimum atomic E-state index is -0.795. The number of fused-ring (bicyclic) bond motifs is 2.